The first-order valence-electron chi connectivity index (χ1n) is 5.92. The standard InChI is InChI=1S/C9H19NO2.C4H4O4/c1-9(2,3)8(11)12-7-6-10(4)5;5-3(6)1-2-4(7)8/h6-7H2,1-5H3;1-2H,(H,5,6)(H,7,8)/b;2-1+. The van der Waals surface area contributed by atoms with Gasteiger partial charge in [-0.25, -0.2) is 9.59 Å². The molecule has 2 N–H and O–H groups in total. The van der Waals surface area contributed by atoms with Crippen molar-refractivity contribution in [3.63, 3.8) is 0 Å². The molecule has 0 radical (unpaired) electrons. The zero-order chi connectivity index (χ0) is 16.3. The molecule has 0 atom stereocenters. The molecular formula is C13H23NO6. The van der Waals surface area contributed by atoms with Gasteiger partial charge in [0, 0.05) is 18.7 Å². The second kappa shape index (κ2) is 9.96. The van der Waals surface area contributed by atoms with Crippen molar-refractivity contribution in [2.75, 3.05) is 27.2 Å². The molecule has 0 spiro atoms. The van der Waals surface area contributed by atoms with Crippen LogP contribution in [0.4, 0.5) is 0 Å². The lowest BCUT2D eigenvalue weighted by Gasteiger charge is -2.17. The van der Waals surface area contributed by atoms with Crippen molar-refractivity contribution >= 4 is 17.9 Å². The number of hydrogen-bond acceptors (Lipinski definition) is 5. The van der Waals surface area contributed by atoms with Gasteiger partial charge in [-0.1, -0.05) is 0 Å². The largest absolute Gasteiger partial charge is 0.478 e. The number of nitrogens with zero attached hydrogens (tertiary/aromatic N) is 1. The van der Waals surface area contributed by atoms with Gasteiger partial charge in [-0.05, 0) is 34.9 Å². The van der Waals surface area contributed by atoms with E-state index in [1.165, 1.54) is 0 Å². The maximum absolute atomic E-state index is 11.2. The topological polar surface area (TPSA) is 104 Å². The molecule has 0 unspecified atom stereocenters. The van der Waals surface area contributed by atoms with Crippen LogP contribution >= 0.6 is 0 Å². The van der Waals surface area contributed by atoms with Gasteiger partial charge >= 0.3 is 17.9 Å². The predicted molar refractivity (Wildman–Crippen MR) is 73.4 cm³/mol. The highest BCUT2D eigenvalue weighted by Gasteiger charge is 2.22. The Hall–Kier alpha value is -1.89. The van der Waals surface area contributed by atoms with Crippen molar-refractivity contribution in [2.45, 2.75) is 20.8 Å². The first-order valence-corrected chi connectivity index (χ1v) is 5.92. The van der Waals surface area contributed by atoms with Crippen LogP contribution in [-0.2, 0) is 19.1 Å². The van der Waals surface area contributed by atoms with E-state index in [0.717, 1.165) is 6.54 Å². The smallest absolute Gasteiger partial charge is 0.328 e. The third kappa shape index (κ3) is 16.1. The maximum atomic E-state index is 11.2. The van der Waals surface area contributed by atoms with E-state index in [4.69, 9.17) is 14.9 Å². The molecule has 0 rings (SSSR count). The summed E-state index contributed by atoms with van der Waals surface area (Å²) in [6.45, 7) is 6.81. The fourth-order valence-electron chi connectivity index (χ4n) is 0.680. The Kier molecular flexibility index (Phi) is 10.2. The van der Waals surface area contributed by atoms with E-state index in [9.17, 15) is 14.4 Å². The van der Waals surface area contributed by atoms with Crippen molar-refractivity contribution in [3.05, 3.63) is 12.2 Å². The number of aliphatic carboxylic acids is 2. The molecule has 0 saturated carbocycles. The van der Waals surface area contributed by atoms with Crippen molar-refractivity contribution in [2.24, 2.45) is 5.41 Å². The zero-order valence-electron chi connectivity index (χ0n) is 12.5. The van der Waals surface area contributed by atoms with Crippen LogP contribution in [0.1, 0.15) is 20.8 Å². The molecule has 0 amide bonds. The van der Waals surface area contributed by atoms with E-state index in [2.05, 4.69) is 0 Å². The van der Waals surface area contributed by atoms with E-state index in [1.807, 2.05) is 39.8 Å². The Bertz CT molecular complexity index is 338. The molecule has 0 aromatic carbocycles. The maximum Gasteiger partial charge on any atom is 0.328 e. The molecule has 7 heteroatoms. The molecule has 0 fully saturated rings. The highest BCUT2D eigenvalue weighted by atomic mass is 16.5. The molecule has 0 heterocycles. The van der Waals surface area contributed by atoms with E-state index in [-0.39, 0.29) is 11.4 Å². The van der Waals surface area contributed by atoms with Crippen LogP contribution in [0.2, 0.25) is 0 Å². The second-order valence-corrected chi connectivity index (χ2v) is 5.20. The number of carboxylic acids is 2. The number of rotatable bonds is 5. The minimum absolute atomic E-state index is 0.135. The van der Waals surface area contributed by atoms with Crippen LogP contribution in [0.5, 0.6) is 0 Å². The molecule has 0 aliphatic heterocycles. The van der Waals surface area contributed by atoms with Crippen molar-refractivity contribution < 1.29 is 29.3 Å². The Labute approximate surface area is 118 Å². The number of carbonyl (C=O) groups excluding carboxylic acids is 1. The predicted octanol–water partition coefficient (Wildman–Crippen LogP) is 0.849. The van der Waals surface area contributed by atoms with E-state index in [1.54, 1.807) is 0 Å². The molecule has 0 saturated heterocycles. The van der Waals surface area contributed by atoms with Gasteiger partial charge in [-0.15, -0.1) is 0 Å². The molecule has 0 aromatic rings. The Balaban J connectivity index is 0. The molecule has 116 valence electrons. The molecule has 7 nitrogen and oxygen atoms in total. The minimum Gasteiger partial charge on any atom is -0.478 e. The van der Waals surface area contributed by atoms with Crippen LogP contribution in [0.3, 0.4) is 0 Å². The van der Waals surface area contributed by atoms with Gasteiger partial charge in [0.1, 0.15) is 6.61 Å². The Morgan fingerprint density at radius 2 is 1.45 bits per heavy atom. The number of ether oxygens (including phenoxy) is 1. The number of esters is 1. The Morgan fingerprint density at radius 3 is 1.70 bits per heavy atom. The quantitative estimate of drug-likeness (QED) is 0.571. The van der Waals surface area contributed by atoms with Crippen LogP contribution in [0.25, 0.3) is 0 Å². The SMILES string of the molecule is CN(C)CCOC(=O)C(C)(C)C.O=C(O)/C=C/C(=O)O. The summed E-state index contributed by atoms with van der Waals surface area (Å²) in [4.78, 5) is 32.3. The molecule has 20 heavy (non-hydrogen) atoms. The summed E-state index contributed by atoms with van der Waals surface area (Å²) in [5.74, 6) is -2.65. The number of likely N-dealkylation sites (N-methyl/N-ethyl adjacent to an activating group) is 1. The number of carbonyl (C=O) groups is 3. The molecule has 0 aliphatic rings. The van der Waals surface area contributed by atoms with Crippen LogP contribution < -0.4 is 0 Å². The summed E-state index contributed by atoms with van der Waals surface area (Å²) in [6.07, 6.45) is 1.12. The van der Waals surface area contributed by atoms with Gasteiger partial charge in [-0.2, -0.15) is 0 Å². The van der Waals surface area contributed by atoms with Crippen molar-refractivity contribution in [3.8, 4) is 0 Å². The third-order valence-corrected chi connectivity index (χ3v) is 1.75. The fourth-order valence-corrected chi connectivity index (χ4v) is 0.680. The van der Waals surface area contributed by atoms with Gasteiger partial charge in [0.05, 0.1) is 5.41 Å². The summed E-state index contributed by atoms with van der Waals surface area (Å²) in [7, 11) is 3.90. The summed E-state index contributed by atoms with van der Waals surface area (Å²) in [6, 6.07) is 0. The van der Waals surface area contributed by atoms with E-state index in [0.29, 0.717) is 18.8 Å². The summed E-state index contributed by atoms with van der Waals surface area (Å²) in [5, 5.41) is 15.6. The molecular weight excluding hydrogens is 266 g/mol. The van der Waals surface area contributed by atoms with Crippen molar-refractivity contribution in [1.82, 2.24) is 4.90 Å². The van der Waals surface area contributed by atoms with Gasteiger partial charge in [0.2, 0.25) is 0 Å². The molecule has 0 bridgehead atoms. The average Bonchev–Trinajstić information content (AvgIpc) is 2.25. The lowest BCUT2D eigenvalue weighted by Crippen LogP contribution is -2.27. The van der Waals surface area contributed by atoms with Crippen molar-refractivity contribution in [1.29, 1.82) is 0 Å². The number of hydrogen-bond donors (Lipinski definition) is 2. The first kappa shape index (κ1) is 20.4. The van der Waals surface area contributed by atoms with Gasteiger partial charge in [-0.3, -0.25) is 4.79 Å². The van der Waals surface area contributed by atoms with Gasteiger partial charge in [0.15, 0.2) is 0 Å². The van der Waals surface area contributed by atoms with Crippen LogP contribution in [0, 0.1) is 5.41 Å². The third-order valence-electron chi connectivity index (χ3n) is 1.75. The Morgan fingerprint density at radius 1 is 1.05 bits per heavy atom. The lowest BCUT2D eigenvalue weighted by molar-refractivity contribution is -0.153. The highest BCUT2D eigenvalue weighted by Crippen LogP contribution is 2.14. The van der Waals surface area contributed by atoms with E-state index >= 15 is 0 Å². The summed E-state index contributed by atoms with van der Waals surface area (Å²) < 4.78 is 5.04. The van der Waals surface area contributed by atoms with E-state index < -0.39 is 11.9 Å². The monoisotopic (exact) mass is 289 g/mol. The zero-order valence-corrected chi connectivity index (χ0v) is 12.5. The summed E-state index contributed by atoms with van der Waals surface area (Å²) >= 11 is 0. The minimum atomic E-state index is -1.26. The normalized spacial score (nSPS) is 10.9. The fraction of sp³-hybridized carbons (Fsp3) is 0.615. The highest BCUT2D eigenvalue weighted by molar-refractivity contribution is 5.89. The second-order valence-electron chi connectivity index (χ2n) is 5.20. The molecule has 0 aromatic heterocycles. The lowest BCUT2D eigenvalue weighted by atomic mass is 9.97. The molecule has 0 aliphatic carbocycles. The average molecular weight is 289 g/mol. The van der Waals surface area contributed by atoms with Gasteiger partial charge < -0.3 is 19.8 Å². The van der Waals surface area contributed by atoms with Crippen LogP contribution in [-0.4, -0.2) is 60.3 Å². The van der Waals surface area contributed by atoms with Gasteiger partial charge in [0.25, 0.3) is 0 Å². The number of carboxylic acid groups (broad SMARTS) is 2. The first-order chi connectivity index (χ1) is 8.96. The van der Waals surface area contributed by atoms with Crippen LogP contribution in [0.15, 0.2) is 12.2 Å². The summed E-state index contributed by atoms with van der Waals surface area (Å²) in [5.41, 5.74) is -0.383.